The van der Waals surface area contributed by atoms with Crippen LogP contribution in [0.2, 0.25) is 0 Å². The first-order chi connectivity index (χ1) is 11.6. The van der Waals surface area contributed by atoms with Gasteiger partial charge in [-0.05, 0) is 25.8 Å². The first-order valence-corrected chi connectivity index (χ1v) is 8.97. The largest absolute Gasteiger partial charge is 0.352 e. The Balaban J connectivity index is 1.79. The number of hydrogen-bond donors (Lipinski definition) is 0. The molecule has 0 unspecified atom stereocenters. The van der Waals surface area contributed by atoms with Crippen molar-refractivity contribution in [3.63, 3.8) is 0 Å². The molecule has 3 rings (SSSR count). The van der Waals surface area contributed by atoms with E-state index in [1.807, 2.05) is 13.8 Å². The average molecular weight is 343 g/mol. The molecular weight excluding hydrogens is 322 g/mol. The average Bonchev–Trinajstić information content (AvgIpc) is 2.94. The van der Waals surface area contributed by atoms with Crippen molar-refractivity contribution in [2.24, 2.45) is 0 Å². The molecule has 1 fully saturated rings. The lowest BCUT2D eigenvalue weighted by atomic mass is 10.1. The maximum atomic E-state index is 9.51. The van der Waals surface area contributed by atoms with Crippen molar-refractivity contribution in [1.82, 2.24) is 19.6 Å². The molecule has 2 aromatic rings. The summed E-state index contributed by atoms with van der Waals surface area (Å²) >= 11 is 1.46. The molecule has 0 saturated carbocycles. The molecule has 0 spiro atoms. The Hall–Kier alpha value is -2.27. The Morgan fingerprint density at radius 2 is 1.88 bits per heavy atom. The lowest BCUT2D eigenvalue weighted by Crippen LogP contribution is -2.32. The normalized spacial score (nSPS) is 15.2. The minimum atomic E-state index is 0.639. The molecule has 2 aromatic heterocycles. The summed E-state index contributed by atoms with van der Waals surface area (Å²) in [6.45, 7) is 9.33. The predicted octanol–water partition coefficient (Wildman–Crippen LogP) is 2.10. The van der Waals surface area contributed by atoms with E-state index in [1.54, 1.807) is 0 Å². The maximum absolute atomic E-state index is 9.51. The van der Waals surface area contributed by atoms with Gasteiger partial charge in [0.15, 0.2) is 5.82 Å². The number of nitriles is 1. The fraction of sp³-hybridized carbons (Fsp3) is 0.562. The van der Waals surface area contributed by atoms with Gasteiger partial charge in [-0.2, -0.15) is 14.7 Å². The molecular formula is C16H21N7S. The van der Waals surface area contributed by atoms with Crippen molar-refractivity contribution in [2.45, 2.75) is 33.6 Å². The number of aryl methyl sites for hydroxylation is 2. The number of anilines is 2. The summed E-state index contributed by atoms with van der Waals surface area (Å²) < 4.78 is 4.38. The van der Waals surface area contributed by atoms with E-state index in [9.17, 15) is 5.26 Å². The van der Waals surface area contributed by atoms with E-state index in [4.69, 9.17) is 0 Å². The van der Waals surface area contributed by atoms with Crippen LogP contribution in [0, 0.1) is 25.2 Å². The zero-order valence-corrected chi connectivity index (χ0v) is 15.1. The van der Waals surface area contributed by atoms with Crippen LogP contribution in [-0.2, 0) is 6.42 Å². The molecule has 24 heavy (non-hydrogen) atoms. The van der Waals surface area contributed by atoms with Crippen LogP contribution in [0.5, 0.6) is 0 Å². The smallest absolute Gasteiger partial charge is 0.205 e. The molecule has 1 saturated heterocycles. The van der Waals surface area contributed by atoms with E-state index < -0.39 is 0 Å². The Kier molecular flexibility index (Phi) is 4.90. The van der Waals surface area contributed by atoms with Crippen LogP contribution in [-0.4, -0.2) is 45.7 Å². The second-order valence-electron chi connectivity index (χ2n) is 5.90. The van der Waals surface area contributed by atoms with E-state index in [1.165, 1.54) is 11.5 Å². The van der Waals surface area contributed by atoms with Gasteiger partial charge in [0, 0.05) is 44.1 Å². The summed E-state index contributed by atoms with van der Waals surface area (Å²) in [7, 11) is 0. The third kappa shape index (κ3) is 3.17. The molecule has 0 amide bonds. The predicted molar refractivity (Wildman–Crippen MR) is 94.6 cm³/mol. The van der Waals surface area contributed by atoms with Crippen LogP contribution in [0.4, 0.5) is 10.9 Å². The molecule has 0 atom stereocenters. The number of rotatable bonds is 3. The summed E-state index contributed by atoms with van der Waals surface area (Å²) in [6, 6.07) is 2.30. The number of hydrogen-bond acceptors (Lipinski definition) is 8. The molecule has 3 heterocycles. The highest BCUT2D eigenvalue weighted by Gasteiger charge is 2.22. The molecule has 1 aliphatic heterocycles. The van der Waals surface area contributed by atoms with Crippen LogP contribution in [0.15, 0.2) is 0 Å². The van der Waals surface area contributed by atoms with Gasteiger partial charge in [0.2, 0.25) is 5.13 Å². The van der Waals surface area contributed by atoms with Crippen molar-refractivity contribution in [2.75, 3.05) is 36.0 Å². The lowest BCUT2D eigenvalue weighted by molar-refractivity contribution is 0.778. The molecule has 126 valence electrons. The minimum Gasteiger partial charge on any atom is -0.352 e. The van der Waals surface area contributed by atoms with Gasteiger partial charge in [-0.3, -0.25) is 0 Å². The Morgan fingerprint density at radius 3 is 2.58 bits per heavy atom. The van der Waals surface area contributed by atoms with Gasteiger partial charge in [-0.25, -0.2) is 4.98 Å². The van der Waals surface area contributed by atoms with E-state index >= 15 is 0 Å². The highest BCUT2D eigenvalue weighted by molar-refractivity contribution is 7.09. The Morgan fingerprint density at radius 1 is 1.12 bits per heavy atom. The van der Waals surface area contributed by atoms with Crippen LogP contribution in [0.25, 0.3) is 0 Å². The van der Waals surface area contributed by atoms with Crippen LogP contribution in [0.1, 0.15) is 36.0 Å². The maximum Gasteiger partial charge on any atom is 0.205 e. The topological polar surface area (TPSA) is 81.8 Å². The zero-order valence-electron chi connectivity index (χ0n) is 14.3. The molecule has 8 heteroatoms. The van der Waals surface area contributed by atoms with E-state index in [0.717, 1.165) is 61.2 Å². The zero-order chi connectivity index (χ0) is 17.1. The summed E-state index contributed by atoms with van der Waals surface area (Å²) in [6.07, 6.45) is 1.85. The summed E-state index contributed by atoms with van der Waals surface area (Å²) in [5.74, 6) is 1.61. The number of aromatic nitrogens is 4. The first-order valence-electron chi connectivity index (χ1n) is 8.20. The van der Waals surface area contributed by atoms with Crippen molar-refractivity contribution in [3.8, 4) is 6.07 Å². The molecule has 0 aromatic carbocycles. The van der Waals surface area contributed by atoms with Crippen molar-refractivity contribution < 1.29 is 0 Å². The van der Waals surface area contributed by atoms with Gasteiger partial charge in [-0.15, -0.1) is 5.10 Å². The lowest BCUT2D eigenvalue weighted by Gasteiger charge is -2.23. The van der Waals surface area contributed by atoms with Crippen molar-refractivity contribution >= 4 is 22.5 Å². The quantitative estimate of drug-likeness (QED) is 0.844. The van der Waals surface area contributed by atoms with E-state index in [0.29, 0.717) is 11.4 Å². The monoisotopic (exact) mass is 343 g/mol. The second-order valence-corrected chi connectivity index (χ2v) is 6.63. The highest BCUT2D eigenvalue weighted by Crippen LogP contribution is 2.24. The van der Waals surface area contributed by atoms with Crippen LogP contribution in [0.3, 0.4) is 0 Å². The van der Waals surface area contributed by atoms with E-state index in [2.05, 4.69) is 42.3 Å². The standard InChI is InChI=1S/C16H21N7S/c1-4-14-18-16(24-21-14)23-7-5-6-22(8-9-23)15-13(10-17)11(2)12(3)19-20-15/h4-9H2,1-3H3. The molecule has 0 aliphatic carbocycles. The van der Waals surface area contributed by atoms with Crippen LogP contribution < -0.4 is 9.80 Å². The number of nitrogens with zero attached hydrogens (tertiary/aromatic N) is 7. The van der Waals surface area contributed by atoms with Gasteiger partial charge in [0.25, 0.3) is 0 Å². The summed E-state index contributed by atoms with van der Waals surface area (Å²) in [4.78, 5) is 9.03. The third-order valence-corrected chi connectivity index (χ3v) is 5.20. The van der Waals surface area contributed by atoms with Crippen LogP contribution >= 0.6 is 11.5 Å². The molecule has 0 radical (unpaired) electrons. The molecule has 0 bridgehead atoms. The molecule has 0 N–H and O–H groups in total. The summed E-state index contributed by atoms with van der Waals surface area (Å²) in [5.41, 5.74) is 2.37. The second kappa shape index (κ2) is 7.09. The van der Waals surface area contributed by atoms with Gasteiger partial charge in [-0.1, -0.05) is 6.92 Å². The summed E-state index contributed by atoms with van der Waals surface area (Å²) in [5, 5.41) is 19.0. The van der Waals surface area contributed by atoms with Gasteiger partial charge >= 0.3 is 0 Å². The van der Waals surface area contributed by atoms with E-state index in [-0.39, 0.29) is 0 Å². The third-order valence-electron chi connectivity index (χ3n) is 4.39. The SMILES string of the molecule is CCc1nsc(N2CCCN(c3nnc(C)c(C)c3C#N)CC2)n1. The Labute approximate surface area is 146 Å². The van der Waals surface area contributed by atoms with Gasteiger partial charge in [0.1, 0.15) is 17.5 Å². The van der Waals surface area contributed by atoms with Gasteiger partial charge < -0.3 is 9.80 Å². The first kappa shape index (κ1) is 16.6. The highest BCUT2D eigenvalue weighted by atomic mass is 32.1. The minimum absolute atomic E-state index is 0.639. The van der Waals surface area contributed by atoms with Crippen molar-refractivity contribution in [3.05, 3.63) is 22.6 Å². The van der Waals surface area contributed by atoms with Crippen molar-refractivity contribution in [1.29, 1.82) is 5.26 Å². The molecule has 1 aliphatic rings. The van der Waals surface area contributed by atoms with Gasteiger partial charge in [0.05, 0.1) is 5.69 Å². The fourth-order valence-corrected chi connectivity index (χ4v) is 3.59. The fourth-order valence-electron chi connectivity index (χ4n) is 2.79. The Bertz CT molecular complexity index is 764. The molecule has 7 nitrogen and oxygen atoms in total.